The molecule has 1 N–H and O–H groups in total. The van der Waals surface area contributed by atoms with Gasteiger partial charge < -0.3 is 19.5 Å². The predicted molar refractivity (Wildman–Crippen MR) is 112 cm³/mol. The van der Waals surface area contributed by atoms with Crippen LogP contribution in [0.25, 0.3) is 11.1 Å². The maximum atomic E-state index is 12.9. The van der Waals surface area contributed by atoms with Crippen LogP contribution in [-0.4, -0.2) is 54.5 Å². The number of fused-ring (bicyclic) bond motifs is 3. The molecule has 0 spiro atoms. The van der Waals surface area contributed by atoms with Crippen molar-refractivity contribution in [1.82, 2.24) is 4.90 Å². The van der Waals surface area contributed by atoms with Gasteiger partial charge in [-0.15, -0.1) is 0 Å². The lowest BCUT2D eigenvalue weighted by Crippen LogP contribution is -2.48. The SMILES string of the molecule is CO[C@H]([C@@H](C)C(=O)O)[C@@H]1CCCN1C(=O)OCC1c2ccccc2-c2ccccc21. The second-order valence-electron chi connectivity index (χ2n) is 8.03. The van der Waals surface area contributed by atoms with Crippen LogP contribution in [0.5, 0.6) is 0 Å². The molecule has 2 aliphatic rings. The van der Waals surface area contributed by atoms with E-state index in [0.717, 1.165) is 6.42 Å². The minimum atomic E-state index is -0.929. The van der Waals surface area contributed by atoms with Crippen molar-refractivity contribution in [3.63, 3.8) is 0 Å². The quantitative estimate of drug-likeness (QED) is 0.776. The van der Waals surface area contributed by atoms with Gasteiger partial charge in [0.1, 0.15) is 6.61 Å². The van der Waals surface area contributed by atoms with Crippen LogP contribution < -0.4 is 0 Å². The molecule has 0 radical (unpaired) electrons. The van der Waals surface area contributed by atoms with Crippen molar-refractivity contribution in [1.29, 1.82) is 0 Å². The van der Waals surface area contributed by atoms with E-state index in [-0.39, 0.29) is 18.6 Å². The van der Waals surface area contributed by atoms with Crippen LogP contribution in [0.4, 0.5) is 4.79 Å². The first-order valence-corrected chi connectivity index (χ1v) is 10.4. The Balaban J connectivity index is 1.49. The summed E-state index contributed by atoms with van der Waals surface area (Å²) in [6.07, 6.45) is 0.547. The van der Waals surface area contributed by atoms with E-state index < -0.39 is 24.1 Å². The van der Waals surface area contributed by atoms with Gasteiger partial charge in [-0.05, 0) is 42.0 Å². The minimum absolute atomic E-state index is 0.00133. The highest BCUT2D eigenvalue weighted by molar-refractivity contribution is 5.79. The lowest BCUT2D eigenvalue weighted by atomic mass is 9.96. The van der Waals surface area contributed by atoms with Crippen molar-refractivity contribution in [3.05, 3.63) is 59.7 Å². The Labute approximate surface area is 176 Å². The van der Waals surface area contributed by atoms with Crippen LogP contribution in [0.3, 0.4) is 0 Å². The Morgan fingerprint density at radius 2 is 1.70 bits per heavy atom. The maximum absolute atomic E-state index is 12.9. The van der Waals surface area contributed by atoms with Crippen LogP contribution in [-0.2, 0) is 14.3 Å². The molecule has 3 atom stereocenters. The number of aliphatic carboxylic acids is 1. The highest BCUT2D eigenvalue weighted by Gasteiger charge is 2.41. The number of rotatable bonds is 6. The Bertz CT molecular complexity index is 897. The number of carbonyl (C=O) groups excluding carboxylic acids is 1. The van der Waals surface area contributed by atoms with E-state index in [4.69, 9.17) is 9.47 Å². The molecule has 30 heavy (non-hydrogen) atoms. The molecule has 1 fully saturated rings. The number of likely N-dealkylation sites (tertiary alicyclic amines) is 1. The molecular formula is C24H27NO5. The van der Waals surface area contributed by atoms with E-state index in [1.807, 2.05) is 24.3 Å². The summed E-state index contributed by atoms with van der Waals surface area (Å²) in [4.78, 5) is 26.0. The number of ether oxygens (including phenoxy) is 2. The molecule has 158 valence electrons. The number of benzene rings is 2. The summed E-state index contributed by atoms with van der Waals surface area (Å²) >= 11 is 0. The molecule has 1 saturated heterocycles. The first-order chi connectivity index (χ1) is 14.5. The molecule has 6 nitrogen and oxygen atoms in total. The van der Waals surface area contributed by atoms with Crippen LogP contribution in [0.15, 0.2) is 48.5 Å². The molecule has 0 bridgehead atoms. The number of carboxylic acids is 1. The molecule has 4 rings (SSSR count). The van der Waals surface area contributed by atoms with Crippen molar-refractivity contribution in [2.75, 3.05) is 20.3 Å². The normalized spacial score (nSPS) is 19.8. The molecule has 1 aliphatic heterocycles. The predicted octanol–water partition coefficient (Wildman–Crippen LogP) is 4.14. The fourth-order valence-electron chi connectivity index (χ4n) is 4.87. The van der Waals surface area contributed by atoms with Crippen LogP contribution in [0.1, 0.15) is 36.8 Å². The summed E-state index contributed by atoms with van der Waals surface area (Å²) in [5, 5.41) is 9.39. The number of carbonyl (C=O) groups is 2. The molecule has 2 aromatic carbocycles. The summed E-state index contributed by atoms with van der Waals surface area (Å²) in [5.41, 5.74) is 4.70. The first kappa shape index (κ1) is 20.4. The zero-order chi connectivity index (χ0) is 21.3. The lowest BCUT2D eigenvalue weighted by Gasteiger charge is -2.32. The summed E-state index contributed by atoms with van der Waals surface area (Å²) in [5.74, 6) is -1.64. The standard InChI is InChI=1S/C24H27NO5/c1-15(23(26)27)22(29-2)21-12-7-13-25(21)24(28)30-14-20-18-10-5-3-8-16(18)17-9-4-6-11-19(17)20/h3-6,8-11,15,20-22H,7,12-14H2,1-2H3,(H,26,27)/t15-,21+,22-/m1/s1. The minimum Gasteiger partial charge on any atom is -0.481 e. The van der Waals surface area contributed by atoms with Gasteiger partial charge in [0.2, 0.25) is 0 Å². The average molecular weight is 409 g/mol. The molecule has 0 aromatic heterocycles. The second kappa shape index (κ2) is 8.48. The summed E-state index contributed by atoms with van der Waals surface area (Å²) in [7, 11) is 1.50. The number of amides is 1. The van der Waals surface area contributed by atoms with Crippen molar-refractivity contribution in [2.24, 2.45) is 5.92 Å². The summed E-state index contributed by atoms with van der Waals surface area (Å²) in [6, 6.07) is 16.1. The Hall–Kier alpha value is -2.86. The van der Waals surface area contributed by atoms with Crippen LogP contribution >= 0.6 is 0 Å². The van der Waals surface area contributed by atoms with E-state index >= 15 is 0 Å². The van der Waals surface area contributed by atoms with E-state index in [2.05, 4.69) is 24.3 Å². The molecule has 1 heterocycles. The Morgan fingerprint density at radius 1 is 1.10 bits per heavy atom. The van der Waals surface area contributed by atoms with Gasteiger partial charge in [0.05, 0.1) is 18.1 Å². The molecule has 0 saturated carbocycles. The fraction of sp³-hybridized carbons (Fsp3) is 0.417. The molecule has 1 amide bonds. The first-order valence-electron chi connectivity index (χ1n) is 10.4. The molecule has 6 heteroatoms. The molecule has 1 aliphatic carbocycles. The average Bonchev–Trinajstić information content (AvgIpc) is 3.36. The van der Waals surface area contributed by atoms with E-state index in [0.29, 0.717) is 13.0 Å². The topological polar surface area (TPSA) is 76.1 Å². The summed E-state index contributed by atoms with van der Waals surface area (Å²) in [6.45, 7) is 2.42. The third-order valence-electron chi connectivity index (χ3n) is 6.40. The van der Waals surface area contributed by atoms with Gasteiger partial charge in [0.25, 0.3) is 0 Å². The molecular weight excluding hydrogens is 382 g/mol. The maximum Gasteiger partial charge on any atom is 0.410 e. The van der Waals surface area contributed by atoms with Gasteiger partial charge in [-0.2, -0.15) is 0 Å². The number of hydrogen-bond donors (Lipinski definition) is 1. The van der Waals surface area contributed by atoms with Gasteiger partial charge in [-0.25, -0.2) is 4.79 Å². The van der Waals surface area contributed by atoms with Crippen molar-refractivity contribution in [3.8, 4) is 11.1 Å². The van der Waals surface area contributed by atoms with Gasteiger partial charge >= 0.3 is 12.1 Å². The number of nitrogens with zero attached hydrogens (tertiary/aromatic N) is 1. The lowest BCUT2D eigenvalue weighted by molar-refractivity contribution is -0.147. The van der Waals surface area contributed by atoms with E-state index in [9.17, 15) is 14.7 Å². The number of carboxylic acid groups (broad SMARTS) is 1. The van der Waals surface area contributed by atoms with Crippen molar-refractivity contribution < 1.29 is 24.2 Å². The smallest absolute Gasteiger partial charge is 0.410 e. The third-order valence-corrected chi connectivity index (χ3v) is 6.40. The van der Waals surface area contributed by atoms with Crippen molar-refractivity contribution in [2.45, 2.75) is 37.8 Å². The second-order valence-corrected chi connectivity index (χ2v) is 8.03. The Morgan fingerprint density at radius 3 is 2.27 bits per heavy atom. The van der Waals surface area contributed by atoms with Gasteiger partial charge in [0, 0.05) is 19.6 Å². The zero-order valence-electron chi connectivity index (χ0n) is 17.3. The number of methoxy groups -OCH3 is 1. The third kappa shape index (κ3) is 3.56. The van der Waals surface area contributed by atoms with E-state index in [1.165, 1.54) is 29.4 Å². The van der Waals surface area contributed by atoms with Crippen molar-refractivity contribution >= 4 is 12.1 Å². The largest absolute Gasteiger partial charge is 0.481 e. The highest BCUT2D eigenvalue weighted by atomic mass is 16.6. The van der Waals surface area contributed by atoms with Gasteiger partial charge in [-0.3, -0.25) is 4.79 Å². The van der Waals surface area contributed by atoms with Crippen LogP contribution in [0, 0.1) is 5.92 Å². The fourth-order valence-corrected chi connectivity index (χ4v) is 4.87. The van der Waals surface area contributed by atoms with Gasteiger partial charge in [0.15, 0.2) is 0 Å². The number of hydrogen-bond acceptors (Lipinski definition) is 4. The zero-order valence-corrected chi connectivity index (χ0v) is 17.3. The van der Waals surface area contributed by atoms with Gasteiger partial charge in [-0.1, -0.05) is 48.5 Å². The highest BCUT2D eigenvalue weighted by Crippen LogP contribution is 2.44. The Kier molecular flexibility index (Phi) is 5.77. The monoisotopic (exact) mass is 409 g/mol. The van der Waals surface area contributed by atoms with Crippen LogP contribution in [0.2, 0.25) is 0 Å². The molecule has 0 unspecified atom stereocenters. The molecule has 2 aromatic rings. The summed E-state index contributed by atoms with van der Waals surface area (Å²) < 4.78 is 11.3. The van der Waals surface area contributed by atoms with E-state index in [1.54, 1.807) is 11.8 Å².